The molecule has 1 aliphatic rings. The molecule has 3 aromatic heterocycles. The summed E-state index contributed by atoms with van der Waals surface area (Å²) in [5.41, 5.74) is 2.27. The maximum atomic E-state index is 14.9. The minimum Gasteiger partial charge on any atom is -0.481 e. The number of aliphatic hydroxyl groups excluding tert-OH is 1. The molecule has 1 aromatic carbocycles. The van der Waals surface area contributed by atoms with E-state index in [2.05, 4.69) is 30.7 Å². The molecule has 0 amide bonds. The summed E-state index contributed by atoms with van der Waals surface area (Å²) in [4.78, 5) is 19.9. The molecule has 0 saturated heterocycles. The van der Waals surface area contributed by atoms with Gasteiger partial charge in [-0.15, -0.1) is 5.10 Å². The Balaban J connectivity index is 1.40. The molecule has 1 fully saturated rings. The predicted octanol–water partition coefficient (Wildman–Crippen LogP) is 1.87. The number of halogens is 1. The molecule has 0 radical (unpaired) electrons. The molecule has 1 aliphatic carbocycles. The Hall–Kier alpha value is -3.93. The molecular formula is C21H21FN8O3. The van der Waals surface area contributed by atoms with E-state index in [0.29, 0.717) is 53.3 Å². The lowest BCUT2D eigenvalue weighted by atomic mass is 10.1. The third kappa shape index (κ3) is 4.12. The Labute approximate surface area is 186 Å². The molecule has 0 aliphatic heterocycles. The van der Waals surface area contributed by atoms with Gasteiger partial charge in [-0.2, -0.15) is 14.8 Å². The number of fused-ring (bicyclic) bond motifs is 1. The van der Waals surface area contributed by atoms with Crippen LogP contribution in [0.5, 0.6) is 0 Å². The maximum Gasteiger partial charge on any atom is 0.306 e. The highest BCUT2D eigenvalue weighted by atomic mass is 19.1. The maximum absolute atomic E-state index is 14.9. The number of rotatable bonds is 7. The molecule has 0 bridgehead atoms. The molecule has 3 N–H and O–H groups in total. The lowest BCUT2D eigenvalue weighted by Crippen LogP contribution is -2.19. The van der Waals surface area contributed by atoms with Crippen LogP contribution in [0.1, 0.15) is 19.3 Å². The van der Waals surface area contributed by atoms with Gasteiger partial charge in [-0.3, -0.25) is 9.48 Å². The average molecular weight is 452 g/mol. The van der Waals surface area contributed by atoms with Crippen molar-refractivity contribution in [3.63, 3.8) is 0 Å². The standard InChI is InChI=1S/C21H21FN8O3/c22-17-8-15(3-4-16(17)13-9-24-29(11-13)5-6-31)30-19-18(27-28-30)10-23-21(26-19)25-14-2-1-12(7-14)20(32)33/h3-4,8-12,14,31H,1-2,5-7H2,(H,32,33)(H,23,25,26)/t12-,14-/m1/s1. The Morgan fingerprint density at radius 3 is 2.91 bits per heavy atom. The number of hydrogen-bond donors (Lipinski definition) is 3. The van der Waals surface area contributed by atoms with E-state index in [1.165, 1.54) is 16.9 Å². The summed E-state index contributed by atoms with van der Waals surface area (Å²) >= 11 is 0. The van der Waals surface area contributed by atoms with E-state index in [1.807, 2.05) is 0 Å². The second kappa shape index (κ2) is 8.54. The molecular weight excluding hydrogens is 431 g/mol. The van der Waals surface area contributed by atoms with Crippen LogP contribution < -0.4 is 5.32 Å². The van der Waals surface area contributed by atoms with Gasteiger partial charge >= 0.3 is 5.97 Å². The Morgan fingerprint density at radius 2 is 2.15 bits per heavy atom. The van der Waals surface area contributed by atoms with Crippen LogP contribution in [0.2, 0.25) is 0 Å². The Morgan fingerprint density at radius 1 is 1.27 bits per heavy atom. The number of benzene rings is 1. The SMILES string of the molecule is O=C(O)[C@@H]1CC[C@@H](Nc2ncc3nnn(-c4ccc(-c5cnn(CCO)c5)c(F)c4)c3n2)C1. The first-order chi connectivity index (χ1) is 16.0. The number of nitrogens with zero attached hydrogens (tertiary/aromatic N) is 7. The number of carboxylic acids is 1. The van der Waals surface area contributed by atoms with E-state index in [4.69, 9.17) is 5.11 Å². The fraction of sp³-hybridized carbons (Fsp3) is 0.333. The van der Waals surface area contributed by atoms with E-state index in [0.717, 1.165) is 6.42 Å². The van der Waals surface area contributed by atoms with Crippen molar-refractivity contribution in [2.24, 2.45) is 5.92 Å². The molecule has 33 heavy (non-hydrogen) atoms. The van der Waals surface area contributed by atoms with Crippen molar-refractivity contribution < 1.29 is 19.4 Å². The molecule has 3 heterocycles. The van der Waals surface area contributed by atoms with Crippen molar-refractivity contribution in [2.75, 3.05) is 11.9 Å². The summed E-state index contributed by atoms with van der Waals surface area (Å²) in [5, 5.41) is 33.7. The van der Waals surface area contributed by atoms with Crippen molar-refractivity contribution in [1.82, 2.24) is 34.7 Å². The zero-order chi connectivity index (χ0) is 22.9. The molecule has 2 atom stereocenters. The summed E-state index contributed by atoms with van der Waals surface area (Å²) in [5.74, 6) is -1.27. The average Bonchev–Trinajstić information content (AvgIpc) is 3.54. The summed E-state index contributed by atoms with van der Waals surface area (Å²) < 4.78 is 17.9. The first-order valence-electron chi connectivity index (χ1n) is 10.5. The number of aliphatic carboxylic acids is 1. The highest BCUT2D eigenvalue weighted by Crippen LogP contribution is 2.28. The Bertz CT molecular complexity index is 1320. The van der Waals surface area contributed by atoms with Gasteiger partial charge in [-0.05, 0) is 31.4 Å². The number of anilines is 1. The molecule has 4 aromatic rings. The second-order valence-electron chi connectivity index (χ2n) is 7.97. The number of nitrogens with one attached hydrogen (secondary N) is 1. The largest absolute Gasteiger partial charge is 0.481 e. The highest BCUT2D eigenvalue weighted by molar-refractivity contribution is 5.73. The number of carboxylic acid groups (broad SMARTS) is 1. The van der Waals surface area contributed by atoms with Crippen LogP contribution in [0.15, 0.2) is 36.8 Å². The molecule has 0 spiro atoms. The van der Waals surface area contributed by atoms with Gasteiger partial charge in [0.05, 0.1) is 37.2 Å². The zero-order valence-corrected chi connectivity index (χ0v) is 17.5. The smallest absolute Gasteiger partial charge is 0.306 e. The number of carbonyl (C=O) groups is 1. The van der Waals surface area contributed by atoms with Crippen LogP contribution in [0.3, 0.4) is 0 Å². The van der Waals surface area contributed by atoms with Gasteiger partial charge < -0.3 is 15.5 Å². The van der Waals surface area contributed by atoms with E-state index in [9.17, 15) is 14.3 Å². The van der Waals surface area contributed by atoms with E-state index >= 15 is 0 Å². The van der Waals surface area contributed by atoms with Gasteiger partial charge in [0, 0.05) is 29.4 Å². The predicted molar refractivity (Wildman–Crippen MR) is 115 cm³/mol. The van der Waals surface area contributed by atoms with Crippen molar-refractivity contribution in [2.45, 2.75) is 31.8 Å². The van der Waals surface area contributed by atoms with Crippen LogP contribution >= 0.6 is 0 Å². The van der Waals surface area contributed by atoms with Crippen LogP contribution in [0.25, 0.3) is 28.0 Å². The van der Waals surface area contributed by atoms with Gasteiger partial charge in [0.15, 0.2) is 11.2 Å². The number of aliphatic hydroxyl groups is 1. The van der Waals surface area contributed by atoms with Gasteiger partial charge in [-0.25, -0.2) is 9.37 Å². The molecule has 5 rings (SSSR count). The summed E-state index contributed by atoms with van der Waals surface area (Å²) in [6.45, 7) is 0.278. The topological polar surface area (TPSA) is 144 Å². The van der Waals surface area contributed by atoms with Gasteiger partial charge in [-0.1, -0.05) is 5.21 Å². The van der Waals surface area contributed by atoms with E-state index < -0.39 is 11.8 Å². The Kier molecular flexibility index (Phi) is 5.42. The third-order valence-corrected chi connectivity index (χ3v) is 5.78. The number of aromatic nitrogens is 7. The normalized spacial score (nSPS) is 18.1. The molecule has 1 saturated carbocycles. The van der Waals surface area contributed by atoms with Crippen molar-refractivity contribution >= 4 is 23.1 Å². The quantitative estimate of drug-likeness (QED) is 0.383. The van der Waals surface area contributed by atoms with E-state index in [1.54, 1.807) is 29.2 Å². The first kappa shape index (κ1) is 20.9. The van der Waals surface area contributed by atoms with Crippen LogP contribution in [0.4, 0.5) is 10.3 Å². The summed E-state index contributed by atoms with van der Waals surface area (Å²) in [6, 6.07) is 4.65. The van der Waals surface area contributed by atoms with Gasteiger partial charge in [0.2, 0.25) is 5.95 Å². The lowest BCUT2D eigenvalue weighted by molar-refractivity contribution is -0.141. The monoisotopic (exact) mass is 452 g/mol. The molecule has 12 heteroatoms. The summed E-state index contributed by atoms with van der Waals surface area (Å²) in [7, 11) is 0. The lowest BCUT2D eigenvalue weighted by Gasteiger charge is -2.12. The van der Waals surface area contributed by atoms with Crippen molar-refractivity contribution in [3.05, 3.63) is 42.6 Å². The minimum absolute atomic E-state index is 0.0311. The highest BCUT2D eigenvalue weighted by Gasteiger charge is 2.30. The fourth-order valence-corrected chi connectivity index (χ4v) is 4.09. The van der Waals surface area contributed by atoms with Crippen molar-refractivity contribution in [3.8, 4) is 16.8 Å². The van der Waals surface area contributed by atoms with Gasteiger partial charge in [0.1, 0.15) is 5.82 Å². The third-order valence-electron chi connectivity index (χ3n) is 5.78. The second-order valence-corrected chi connectivity index (χ2v) is 7.97. The molecule has 11 nitrogen and oxygen atoms in total. The molecule has 170 valence electrons. The van der Waals surface area contributed by atoms with Gasteiger partial charge in [0.25, 0.3) is 0 Å². The first-order valence-corrected chi connectivity index (χ1v) is 10.5. The van der Waals surface area contributed by atoms with E-state index in [-0.39, 0.29) is 18.6 Å². The molecule has 0 unspecified atom stereocenters. The summed E-state index contributed by atoms with van der Waals surface area (Å²) in [6.07, 6.45) is 6.58. The van der Waals surface area contributed by atoms with Crippen LogP contribution in [-0.2, 0) is 11.3 Å². The minimum atomic E-state index is -0.788. The zero-order valence-electron chi connectivity index (χ0n) is 17.5. The van der Waals surface area contributed by atoms with Crippen molar-refractivity contribution in [1.29, 1.82) is 0 Å². The van der Waals surface area contributed by atoms with Crippen LogP contribution in [-0.4, -0.2) is 63.6 Å². The fourth-order valence-electron chi connectivity index (χ4n) is 4.09. The van der Waals surface area contributed by atoms with Crippen LogP contribution in [0, 0.1) is 11.7 Å². The number of hydrogen-bond acceptors (Lipinski definition) is 8.